The van der Waals surface area contributed by atoms with Crippen molar-refractivity contribution in [3.05, 3.63) is 72.9 Å². The summed E-state index contributed by atoms with van der Waals surface area (Å²) in [4.78, 5) is 38.1. The Kier molecular flexibility index (Phi) is 58.7. The minimum Gasteiger partial charge on any atom is -0.462 e. The van der Waals surface area contributed by atoms with Gasteiger partial charge in [-0.15, -0.1) is 0 Å². The van der Waals surface area contributed by atoms with E-state index >= 15 is 0 Å². The highest BCUT2D eigenvalue weighted by Gasteiger charge is 2.19. The lowest BCUT2D eigenvalue weighted by Crippen LogP contribution is -2.30. The molecule has 0 aliphatic rings. The highest BCUT2D eigenvalue weighted by molar-refractivity contribution is 5.71. The molecular formula is C67H118O6. The number of rotatable bonds is 57. The van der Waals surface area contributed by atoms with Gasteiger partial charge in [0.25, 0.3) is 0 Å². The Balaban J connectivity index is 4.13. The van der Waals surface area contributed by atoms with Crippen LogP contribution in [0.3, 0.4) is 0 Å². The maximum Gasteiger partial charge on any atom is 0.306 e. The van der Waals surface area contributed by atoms with Gasteiger partial charge in [-0.25, -0.2) is 0 Å². The Labute approximate surface area is 453 Å². The fourth-order valence-electron chi connectivity index (χ4n) is 9.00. The van der Waals surface area contributed by atoms with Crippen molar-refractivity contribution in [1.29, 1.82) is 0 Å². The third-order valence-corrected chi connectivity index (χ3v) is 13.7. The molecule has 0 radical (unpaired) electrons. The van der Waals surface area contributed by atoms with E-state index in [0.717, 1.165) is 89.9 Å². The van der Waals surface area contributed by atoms with Gasteiger partial charge in [0.1, 0.15) is 13.2 Å². The minimum absolute atomic E-state index is 0.0744. The van der Waals surface area contributed by atoms with Crippen molar-refractivity contribution in [1.82, 2.24) is 0 Å². The van der Waals surface area contributed by atoms with Crippen LogP contribution in [-0.4, -0.2) is 37.2 Å². The van der Waals surface area contributed by atoms with Gasteiger partial charge in [0.05, 0.1) is 0 Å². The number of esters is 3. The summed E-state index contributed by atoms with van der Waals surface area (Å²) in [5, 5.41) is 0. The Hall–Kier alpha value is -3.15. The average Bonchev–Trinajstić information content (AvgIpc) is 3.39. The second-order valence-corrected chi connectivity index (χ2v) is 20.9. The predicted molar refractivity (Wildman–Crippen MR) is 316 cm³/mol. The molecule has 73 heavy (non-hydrogen) atoms. The summed E-state index contributed by atoms with van der Waals surface area (Å²) in [6.45, 7) is 6.51. The molecule has 0 heterocycles. The molecule has 0 aromatic carbocycles. The summed E-state index contributed by atoms with van der Waals surface area (Å²) in [6, 6.07) is 0. The number of carbonyl (C=O) groups is 3. The lowest BCUT2D eigenvalue weighted by atomic mass is 10.0. The van der Waals surface area contributed by atoms with Gasteiger partial charge in [-0.05, 0) is 89.9 Å². The number of allylic oxidation sites excluding steroid dienone is 12. The first kappa shape index (κ1) is 69.8. The fourth-order valence-corrected chi connectivity index (χ4v) is 9.00. The standard InChI is InChI=1S/C67H118O6/c1-4-7-10-13-16-18-20-22-24-26-28-30-31-32-33-34-35-37-38-40-42-44-46-48-51-54-57-60-66(69)72-63-64(62-71-65(68)59-56-53-50-15-12-9-6-3)73-67(70)61-58-55-52-49-47-45-43-41-39-36-29-27-25-23-21-19-17-14-11-8-5-2/h7,10,16,18,22,24,27-30,32-33,64H,4-6,8-9,11-15,17,19-21,23,25-26,31,34-63H2,1-3H3/b10-7-,18-16-,24-22-,29-27-,30-28-,33-32-. The van der Waals surface area contributed by atoms with Crippen LogP contribution >= 0.6 is 0 Å². The van der Waals surface area contributed by atoms with Gasteiger partial charge in [-0.2, -0.15) is 0 Å². The van der Waals surface area contributed by atoms with Gasteiger partial charge < -0.3 is 14.2 Å². The van der Waals surface area contributed by atoms with Crippen LogP contribution in [0.15, 0.2) is 72.9 Å². The van der Waals surface area contributed by atoms with Gasteiger partial charge in [0, 0.05) is 19.3 Å². The molecule has 0 spiro atoms. The van der Waals surface area contributed by atoms with Crippen LogP contribution in [0.1, 0.15) is 316 Å². The van der Waals surface area contributed by atoms with E-state index in [4.69, 9.17) is 14.2 Å². The molecule has 0 aliphatic heterocycles. The number of carbonyl (C=O) groups excluding carboxylic acids is 3. The molecule has 0 N–H and O–H groups in total. The summed E-state index contributed by atoms with van der Waals surface area (Å²) < 4.78 is 16.8. The van der Waals surface area contributed by atoms with Gasteiger partial charge in [0.15, 0.2) is 6.10 Å². The zero-order chi connectivity index (χ0) is 52.9. The second-order valence-electron chi connectivity index (χ2n) is 20.9. The highest BCUT2D eigenvalue weighted by Crippen LogP contribution is 2.16. The maximum absolute atomic E-state index is 12.9. The highest BCUT2D eigenvalue weighted by atomic mass is 16.6. The Bertz CT molecular complexity index is 1360. The van der Waals surface area contributed by atoms with Crippen LogP contribution in [0, 0.1) is 0 Å². The number of unbranched alkanes of at least 4 members (excludes halogenated alkanes) is 34. The van der Waals surface area contributed by atoms with Crippen molar-refractivity contribution < 1.29 is 28.6 Å². The molecule has 1 unspecified atom stereocenters. The van der Waals surface area contributed by atoms with E-state index in [2.05, 4.69) is 93.7 Å². The molecule has 0 amide bonds. The molecule has 0 rings (SSSR count). The van der Waals surface area contributed by atoms with Crippen molar-refractivity contribution in [3.8, 4) is 0 Å². The molecule has 0 saturated carbocycles. The van der Waals surface area contributed by atoms with Crippen LogP contribution in [-0.2, 0) is 28.6 Å². The zero-order valence-corrected chi connectivity index (χ0v) is 48.4. The smallest absolute Gasteiger partial charge is 0.306 e. The van der Waals surface area contributed by atoms with E-state index in [1.165, 1.54) is 186 Å². The van der Waals surface area contributed by atoms with Gasteiger partial charge in [0.2, 0.25) is 0 Å². The normalized spacial score (nSPS) is 12.5. The van der Waals surface area contributed by atoms with E-state index in [1.807, 2.05) is 0 Å². The summed E-state index contributed by atoms with van der Waals surface area (Å²) in [6.07, 6.45) is 79.3. The van der Waals surface area contributed by atoms with Gasteiger partial charge in [-0.1, -0.05) is 280 Å². The van der Waals surface area contributed by atoms with E-state index in [1.54, 1.807) is 0 Å². The zero-order valence-electron chi connectivity index (χ0n) is 48.4. The Morgan fingerprint density at radius 3 is 0.849 bits per heavy atom. The molecule has 6 nitrogen and oxygen atoms in total. The maximum atomic E-state index is 12.9. The molecule has 0 aliphatic carbocycles. The summed E-state index contributed by atoms with van der Waals surface area (Å²) in [5.41, 5.74) is 0. The van der Waals surface area contributed by atoms with Crippen LogP contribution in [0.4, 0.5) is 0 Å². The molecule has 0 bridgehead atoms. The monoisotopic (exact) mass is 1020 g/mol. The van der Waals surface area contributed by atoms with Crippen molar-refractivity contribution >= 4 is 17.9 Å². The van der Waals surface area contributed by atoms with Crippen LogP contribution < -0.4 is 0 Å². The number of hydrogen-bond donors (Lipinski definition) is 0. The summed E-state index contributed by atoms with van der Waals surface area (Å²) >= 11 is 0. The van der Waals surface area contributed by atoms with Crippen molar-refractivity contribution in [3.63, 3.8) is 0 Å². The van der Waals surface area contributed by atoms with Gasteiger partial charge >= 0.3 is 17.9 Å². The number of ether oxygens (including phenoxy) is 3. The van der Waals surface area contributed by atoms with Crippen molar-refractivity contribution in [2.75, 3.05) is 13.2 Å². The fraction of sp³-hybridized carbons (Fsp3) is 0.776. The lowest BCUT2D eigenvalue weighted by molar-refractivity contribution is -0.167. The topological polar surface area (TPSA) is 78.9 Å². The van der Waals surface area contributed by atoms with Gasteiger partial charge in [-0.3, -0.25) is 14.4 Å². The molecular weight excluding hydrogens is 901 g/mol. The predicted octanol–water partition coefficient (Wildman–Crippen LogP) is 21.3. The van der Waals surface area contributed by atoms with E-state index in [-0.39, 0.29) is 31.1 Å². The van der Waals surface area contributed by atoms with Crippen LogP contribution in [0.2, 0.25) is 0 Å². The van der Waals surface area contributed by atoms with E-state index in [0.29, 0.717) is 19.3 Å². The lowest BCUT2D eigenvalue weighted by Gasteiger charge is -2.18. The summed E-state index contributed by atoms with van der Waals surface area (Å²) in [5.74, 6) is -0.874. The third kappa shape index (κ3) is 59.6. The largest absolute Gasteiger partial charge is 0.462 e. The molecule has 0 aromatic heterocycles. The Morgan fingerprint density at radius 2 is 0.534 bits per heavy atom. The second kappa shape index (κ2) is 61.4. The summed E-state index contributed by atoms with van der Waals surface area (Å²) in [7, 11) is 0. The average molecular weight is 1020 g/mol. The quantitative estimate of drug-likeness (QED) is 0.0261. The molecule has 422 valence electrons. The molecule has 0 saturated heterocycles. The van der Waals surface area contributed by atoms with E-state index in [9.17, 15) is 14.4 Å². The minimum atomic E-state index is -0.774. The molecule has 0 aromatic rings. The third-order valence-electron chi connectivity index (χ3n) is 13.7. The van der Waals surface area contributed by atoms with E-state index < -0.39 is 6.10 Å². The SMILES string of the molecule is CC/C=C\C/C=C\C/C=C\C/C=C\C/C=C\CCCCCCCCCCCCCC(=O)OCC(COC(=O)CCCCCCCCC)OC(=O)CCCCCCCCCCC/C=C\CCCCCCCCCC. The first-order chi connectivity index (χ1) is 36.0. The first-order valence-corrected chi connectivity index (χ1v) is 31.4. The number of hydrogen-bond acceptors (Lipinski definition) is 6. The molecule has 0 fully saturated rings. The molecule has 6 heteroatoms. The van der Waals surface area contributed by atoms with Crippen molar-refractivity contribution in [2.45, 2.75) is 322 Å². The Morgan fingerprint density at radius 1 is 0.288 bits per heavy atom. The van der Waals surface area contributed by atoms with Crippen LogP contribution in [0.5, 0.6) is 0 Å². The molecule has 1 atom stereocenters. The van der Waals surface area contributed by atoms with Crippen molar-refractivity contribution in [2.24, 2.45) is 0 Å². The van der Waals surface area contributed by atoms with Crippen LogP contribution in [0.25, 0.3) is 0 Å². The first-order valence-electron chi connectivity index (χ1n) is 31.4.